The largest absolute Gasteiger partial charge is 0.378 e. The molecule has 2 aromatic carbocycles. The summed E-state index contributed by atoms with van der Waals surface area (Å²) in [7, 11) is 0. The monoisotopic (exact) mass is 374 g/mol. The van der Waals surface area contributed by atoms with Gasteiger partial charge in [0.25, 0.3) is 5.91 Å². The molecule has 0 N–H and O–H groups in total. The van der Waals surface area contributed by atoms with E-state index < -0.39 is 0 Å². The zero-order valence-corrected chi connectivity index (χ0v) is 16.8. The summed E-state index contributed by atoms with van der Waals surface area (Å²) in [6.45, 7) is 8.77. The fourth-order valence-electron chi connectivity index (χ4n) is 3.70. The summed E-state index contributed by atoms with van der Waals surface area (Å²) in [5.74, 6) is 0.0605. The minimum absolute atomic E-state index is 0.0605. The van der Waals surface area contributed by atoms with E-state index in [1.807, 2.05) is 17.0 Å². The molecule has 4 heteroatoms. The second-order valence-corrected chi connectivity index (χ2v) is 7.41. The summed E-state index contributed by atoms with van der Waals surface area (Å²) >= 11 is 0. The number of rotatable bonds is 3. The fraction of sp³-hybridized carbons (Fsp3) is 0.333. The van der Waals surface area contributed by atoms with Crippen molar-refractivity contribution in [1.82, 2.24) is 9.88 Å². The van der Waals surface area contributed by atoms with E-state index in [0.29, 0.717) is 26.3 Å². The minimum atomic E-state index is 0.0605. The zero-order valence-electron chi connectivity index (χ0n) is 16.8. The molecule has 1 aliphatic rings. The smallest absolute Gasteiger partial charge is 0.254 e. The summed E-state index contributed by atoms with van der Waals surface area (Å²) in [5.41, 5.74) is 7.12. The molecule has 0 atom stereocenters. The van der Waals surface area contributed by atoms with Gasteiger partial charge >= 0.3 is 0 Å². The fourth-order valence-corrected chi connectivity index (χ4v) is 3.70. The summed E-state index contributed by atoms with van der Waals surface area (Å²) in [4.78, 5) is 20.2. The number of benzene rings is 2. The van der Waals surface area contributed by atoms with Crippen LogP contribution in [0.1, 0.15) is 34.0 Å². The van der Waals surface area contributed by atoms with Gasteiger partial charge in [-0.1, -0.05) is 43.3 Å². The standard InChI is InChI=1S/C24H26N2O2/c1-4-18-6-8-19(9-7-18)22-15-21(24(27)26-11-13-28-14-12-26)20-10-5-16(2)17(3)23(20)25-22/h5-10,15H,4,11-14H2,1-3H3. The van der Waals surface area contributed by atoms with Crippen molar-refractivity contribution in [3.63, 3.8) is 0 Å². The maximum absolute atomic E-state index is 13.3. The number of amides is 1. The number of hydrogen-bond acceptors (Lipinski definition) is 3. The van der Waals surface area contributed by atoms with Crippen LogP contribution in [-0.4, -0.2) is 42.1 Å². The van der Waals surface area contributed by atoms with E-state index in [1.165, 1.54) is 11.1 Å². The highest BCUT2D eigenvalue weighted by molar-refractivity contribution is 6.08. The van der Waals surface area contributed by atoms with Gasteiger partial charge in [-0.2, -0.15) is 0 Å². The molecule has 144 valence electrons. The highest BCUT2D eigenvalue weighted by Gasteiger charge is 2.22. The van der Waals surface area contributed by atoms with E-state index >= 15 is 0 Å². The molecule has 1 saturated heterocycles. The normalized spacial score (nSPS) is 14.5. The van der Waals surface area contributed by atoms with Crippen molar-refractivity contribution in [3.8, 4) is 11.3 Å². The van der Waals surface area contributed by atoms with Crippen molar-refractivity contribution in [2.45, 2.75) is 27.2 Å². The predicted molar refractivity (Wildman–Crippen MR) is 113 cm³/mol. The third-order valence-electron chi connectivity index (χ3n) is 5.69. The predicted octanol–water partition coefficient (Wildman–Crippen LogP) is 4.55. The van der Waals surface area contributed by atoms with Gasteiger partial charge in [-0.3, -0.25) is 4.79 Å². The van der Waals surface area contributed by atoms with Gasteiger partial charge in [0.15, 0.2) is 0 Å². The van der Waals surface area contributed by atoms with E-state index in [-0.39, 0.29) is 5.91 Å². The molecule has 2 heterocycles. The van der Waals surface area contributed by atoms with Gasteiger partial charge in [0.2, 0.25) is 0 Å². The quantitative estimate of drug-likeness (QED) is 0.675. The Morgan fingerprint density at radius 2 is 1.79 bits per heavy atom. The van der Waals surface area contributed by atoms with Crippen molar-refractivity contribution in [2.24, 2.45) is 0 Å². The number of aromatic nitrogens is 1. The van der Waals surface area contributed by atoms with Gasteiger partial charge in [-0.15, -0.1) is 0 Å². The Morgan fingerprint density at radius 1 is 1.07 bits per heavy atom. The Hall–Kier alpha value is -2.72. The lowest BCUT2D eigenvalue weighted by Gasteiger charge is -2.27. The third-order valence-corrected chi connectivity index (χ3v) is 5.69. The average Bonchev–Trinajstić information content (AvgIpc) is 2.76. The van der Waals surface area contributed by atoms with Crippen molar-refractivity contribution in [2.75, 3.05) is 26.3 Å². The first kappa shape index (κ1) is 18.6. The van der Waals surface area contributed by atoms with E-state index in [1.54, 1.807) is 0 Å². The average molecular weight is 374 g/mol. The number of carbonyl (C=O) groups excluding carboxylic acids is 1. The van der Waals surface area contributed by atoms with E-state index in [0.717, 1.165) is 39.7 Å². The van der Waals surface area contributed by atoms with E-state index in [4.69, 9.17) is 9.72 Å². The number of morpholine rings is 1. The summed E-state index contributed by atoms with van der Waals surface area (Å²) in [5, 5.41) is 0.925. The maximum atomic E-state index is 13.3. The molecule has 3 aromatic rings. The molecular formula is C24H26N2O2. The van der Waals surface area contributed by atoms with Crippen LogP contribution < -0.4 is 0 Å². The van der Waals surface area contributed by atoms with Crippen LogP contribution in [0.5, 0.6) is 0 Å². The van der Waals surface area contributed by atoms with Gasteiger partial charge in [0.1, 0.15) is 0 Å². The lowest BCUT2D eigenvalue weighted by molar-refractivity contribution is 0.0304. The third kappa shape index (κ3) is 3.40. The number of hydrogen-bond donors (Lipinski definition) is 0. The SMILES string of the molecule is CCc1ccc(-c2cc(C(=O)N3CCOCC3)c3ccc(C)c(C)c3n2)cc1. The molecule has 4 nitrogen and oxygen atoms in total. The van der Waals surface area contributed by atoms with E-state index in [9.17, 15) is 4.79 Å². The lowest BCUT2D eigenvalue weighted by atomic mass is 9.98. The van der Waals surface area contributed by atoms with Crippen LogP contribution >= 0.6 is 0 Å². The topological polar surface area (TPSA) is 42.4 Å². The van der Waals surface area contributed by atoms with Crippen LogP contribution in [0.2, 0.25) is 0 Å². The highest BCUT2D eigenvalue weighted by atomic mass is 16.5. The maximum Gasteiger partial charge on any atom is 0.254 e. The first-order valence-electron chi connectivity index (χ1n) is 9.95. The molecule has 0 radical (unpaired) electrons. The van der Waals surface area contributed by atoms with Gasteiger partial charge in [0, 0.05) is 24.0 Å². The molecule has 1 fully saturated rings. The first-order valence-corrected chi connectivity index (χ1v) is 9.95. The van der Waals surface area contributed by atoms with Crippen LogP contribution in [0.4, 0.5) is 0 Å². The second-order valence-electron chi connectivity index (χ2n) is 7.41. The van der Waals surface area contributed by atoms with Crippen molar-refractivity contribution in [3.05, 3.63) is 64.7 Å². The van der Waals surface area contributed by atoms with Crippen molar-refractivity contribution < 1.29 is 9.53 Å². The van der Waals surface area contributed by atoms with Crippen LogP contribution in [-0.2, 0) is 11.2 Å². The number of ether oxygens (including phenoxy) is 1. The number of carbonyl (C=O) groups is 1. The summed E-state index contributed by atoms with van der Waals surface area (Å²) in [6.07, 6.45) is 1.00. The molecule has 0 bridgehead atoms. The molecule has 1 aliphatic heterocycles. The minimum Gasteiger partial charge on any atom is -0.378 e. The number of aryl methyl sites for hydroxylation is 3. The Balaban J connectivity index is 1.88. The first-order chi connectivity index (χ1) is 13.6. The molecule has 4 rings (SSSR count). The molecule has 0 unspecified atom stereocenters. The van der Waals surface area contributed by atoms with Crippen molar-refractivity contribution >= 4 is 16.8 Å². The summed E-state index contributed by atoms with van der Waals surface area (Å²) in [6, 6.07) is 14.5. The molecule has 1 amide bonds. The van der Waals surface area contributed by atoms with Gasteiger partial charge < -0.3 is 9.64 Å². The van der Waals surface area contributed by atoms with Gasteiger partial charge in [-0.25, -0.2) is 4.98 Å². The van der Waals surface area contributed by atoms with Crippen LogP contribution in [0.3, 0.4) is 0 Å². The molecule has 28 heavy (non-hydrogen) atoms. The Labute approximate surface area is 166 Å². The van der Waals surface area contributed by atoms with Crippen LogP contribution in [0.15, 0.2) is 42.5 Å². The van der Waals surface area contributed by atoms with E-state index in [2.05, 4.69) is 51.1 Å². The molecular weight excluding hydrogens is 348 g/mol. The van der Waals surface area contributed by atoms with Crippen molar-refractivity contribution in [1.29, 1.82) is 0 Å². The molecule has 0 spiro atoms. The Morgan fingerprint density at radius 3 is 2.46 bits per heavy atom. The van der Waals surface area contributed by atoms with Gasteiger partial charge in [-0.05, 0) is 43.0 Å². The molecule has 0 aliphatic carbocycles. The number of nitrogens with zero attached hydrogens (tertiary/aromatic N) is 2. The number of fused-ring (bicyclic) bond motifs is 1. The molecule has 1 aromatic heterocycles. The highest BCUT2D eigenvalue weighted by Crippen LogP contribution is 2.29. The van der Waals surface area contributed by atoms with Gasteiger partial charge in [0.05, 0.1) is 30.0 Å². The Bertz CT molecular complexity index is 1020. The summed E-state index contributed by atoms with van der Waals surface area (Å²) < 4.78 is 5.42. The lowest BCUT2D eigenvalue weighted by Crippen LogP contribution is -2.40. The van der Waals surface area contributed by atoms with Crippen LogP contribution in [0, 0.1) is 13.8 Å². The number of pyridine rings is 1. The molecule has 0 saturated carbocycles. The zero-order chi connectivity index (χ0) is 19.7. The van der Waals surface area contributed by atoms with Crippen LogP contribution in [0.25, 0.3) is 22.2 Å². The second kappa shape index (κ2) is 7.72. The Kier molecular flexibility index (Phi) is 5.14.